The van der Waals surface area contributed by atoms with E-state index in [-0.39, 0.29) is 11.3 Å². The van der Waals surface area contributed by atoms with Crippen LogP contribution in [0.1, 0.15) is 22.8 Å². The highest BCUT2D eigenvalue weighted by molar-refractivity contribution is 5.95. The van der Waals surface area contributed by atoms with E-state index in [1.54, 1.807) is 30.3 Å². The van der Waals surface area contributed by atoms with E-state index in [1.807, 2.05) is 6.07 Å². The van der Waals surface area contributed by atoms with Gasteiger partial charge in [-0.2, -0.15) is 5.26 Å². The fraction of sp³-hybridized carbons (Fsp3) is 0.0667. The number of anilines is 2. The first-order valence-corrected chi connectivity index (χ1v) is 5.68. The molecule has 0 heterocycles. The molecule has 0 aliphatic carbocycles. The summed E-state index contributed by atoms with van der Waals surface area (Å²) < 4.78 is 13.4. The van der Waals surface area contributed by atoms with Crippen LogP contribution in [0, 0.1) is 17.1 Å². The van der Waals surface area contributed by atoms with Gasteiger partial charge in [0.05, 0.1) is 5.69 Å². The molecule has 0 saturated carbocycles. The maximum absolute atomic E-state index is 13.4. The van der Waals surface area contributed by atoms with Gasteiger partial charge in [0, 0.05) is 11.3 Å². The number of benzene rings is 2. The van der Waals surface area contributed by atoms with E-state index >= 15 is 0 Å². The van der Waals surface area contributed by atoms with Crippen LogP contribution in [0.5, 0.6) is 0 Å². The van der Waals surface area contributed by atoms with Crippen molar-refractivity contribution in [2.75, 3.05) is 5.32 Å². The summed E-state index contributed by atoms with van der Waals surface area (Å²) >= 11 is 0. The monoisotopic (exact) mass is 254 g/mol. The molecular weight excluding hydrogens is 243 g/mol. The molecule has 4 heteroatoms. The maximum Gasteiger partial charge on any atom is 0.159 e. The molecule has 0 fully saturated rings. The summed E-state index contributed by atoms with van der Waals surface area (Å²) in [5, 5.41) is 11.9. The molecule has 0 saturated heterocycles. The van der Waals surface area contributed by atoms with E-state index in [9.17, 15) is 9.18 Å². The van der Waals surface area contributed by atoms with Gasteiger partial charge in [0.2, 0.25) is 0 Å². The molecule has 2 rings (SSSR count). The van der Waals surface area contributed by atoms with Crippen LogP contribution in [0.15, 0.2) is 42.5 Å². The molecule has 0 amide bonds. The molecule has 1 N–H and O–H groups in total. The zero-order valence-corrected chi connectivity index (χ0v) is 10.3. The molecule has 0 radical (unpaired) electrons. The van der Waals surface area contributed by atoms with Gasteiger partial charge >= 0.3 is 0 Å². The number of halogens is 1. The van der Waals surface area contributed by atoms with Crippen LogP contribution in [0.3, 0.4) is 0 Å². The molecule has 94 valence electrons. The van der Waals surface area contributed by atoms with Crippen LogP contribution in [0.25, 0.3) is 0 Å². The summed E-state index contributed by atoms with van der Waals surface area (Å²) in [4.78, 5) is 11.3. The zero-order valence-electron chi connectivity index (χ0n) is 10.3. The molecule has 3 nitrogen and oxygen atoms in total. The lowest BCUT2D eigenvalue weighted by Gasteiger charge is -2.09. The van der Waals surface area contributed by atoms with Gasteiger partial charge in [0.1, 0.15) is 17.4 Å². The summed E-state index contributed by atoms with van der Waals surface area (Å²) in [6.07, 6.45) is 0. The van der Waals surface area contributed by atoms with Crippen molar-refractivity contribution in [2.24, 2.45) is 0 Å². The number of hydrogen-bond donors (Lipinski definition) is 1. The minimum Gasteiger partial charge on any atom is -0.354 e. The number of nitrogens with one attached hydrogen (secondary N) is 1. The molecule has 2 aromatic rings. The second-order valence-electron chi connectivity index (χ2n) is 4.04. The Bertz CT molecular complexity index is 674. The smallest absolute Gasteiger partial charge is 0.159 e. The average Bonchev–Trinajstić information content (AvgIpc) is 2.39. The quantitative estimate of drug-likeness (QED) is 0.851. The van der Waals surface area contributed by atoms with Crippen LogP contribution in [-0.2, 0) is 0 Å². The topological polar surface area (TPSA) is 52.9 Å². The molecule has 0 bridgehead atoms. The molecule has 0 spiro atoms. The first-order chi connectivity index (χ1) is 9.11. The lowest BCUT2D eigenvalue weighted by atomic mass is 10.1. The number of rotatable bonds is 3. The lowest BCUT2D eigenvalue weighted by Crippen LogP contribution is -1.98. The fourth-order valence-corrected chi connectivity index (χ4v) is 1.71. The first-order valence-electron chi connectivity index (χ1n) is 5.68. The highest BCUT2D eigenvalue weighted by atomic mass is 19.1. The summed E-state index contributed by atoms with van der Waals surface area (Å²) in [6.45, 7) is 1.47. The van der Waals surface area contributed by atoms with Gasteiger partial charge < -0.3 is 5.32 Å². The largest absolute Gasteiger partial charge is 0.354 e. The molecule has 0 aromatic heterocycles. The van der Waals surface area contributed by atoms with E-state index in [4.69, 9.17) is 5.26 Å². The molecule has 0 atom stereocenters. The van der Waals surface area contributed by atoms with Crippen LogP contribution in [-0.4, -0.2) is 5.78 Å². The van der Waals surface area contributed by atoms with Crippen molar-refractivity contribution in [1.29, 1.82) is 5.26 Å². The van der Waals surface area contributed by atoms with Crippen molar-refractivity contribution >= 4 is 17.2 Å². The summed E-state index contributed by atoms with van der Waals surface area (Å²) in [6, 6.07) is 13.0. The van der Waals surface area contributed by atoms with Gasteiger partial charge in [-0.15, -0.1) is 0 Å². The van der Waals surface area contributed by atoms with Crippen molar-refractivity contribution < 1.29 is 9.18 Å². The van der Waals surface area contributed by atoms with Crippen molar-refractivity contribution in [2.45, 2.75) is 6.92 Å². The predicted octanol–water partition coefficient (Wildman–Crippen LogP) is 3.64. The van der Waals surface area contributed by atoms with Crippen LogP contribution >= 0.6 is 0 Å². The van der Waals surface area contributed by atoms with Crippen molar-refractivity contribution in [3.63, 3.8) is 0 Å². The predicted molar refractivity (Wildman–Crippen MR) is 70.8 cm³/mol. The second kappa shape index (κ2) is 5.32. The molecule has 19 heavy (non-hydrogen) atoms. The van der Waals surface area contributed by atoms with Crippen molar-refractivity contribution in [3.8, 4) is 6.07 Å². The Morgan fingerprint density at radius 3 is 2.68 bits per heavy atom. The summed E-state index contributed by atoms with van der Waals surface area (Å²) in [7, 11) is 0. The van der Waals surface area contributed by atoms with E-state index < -0.39 is 5.82 Å². The maximum atomic E-state index is 13.4. The Labute approximate surface area is 110 Å². The van der Waals surface area contributed by atoms with E-state index in [2.05, 4.69) is 5.32 Å². The van der Waals surface area contributed by atoms with Gasteiger partial charge in [-0.25, -0.2) is 4.39 Å². The Morgan fingerprint density at radius 2 is 2.00 bits per heavy atom. The molecule has 0 aliphatic heterocycles. The third-order valence-electron chi connectivity index (χ3n) is 2.67. The van der Waals surface area contributed by atoms with Crippen LogP contribution < -0.4 is 5.32 Å². The Hall–Kier alpha value is -2.67. The second-order valence-corrected chi connectivity index (χ2v) is 4.04. The van der Waals surface area contributed by atoms with Gasteiger partial charge in [0.25, 0.3) is 0 Å². The standard InChI is InChI=1S/C15H11FN2O/c1-10(19)11-4-2-5-12(8-11)18-15-7-3-6-14(16)13(15)9-17/h2-8,18H,1H3. The van der Waals surface area contributed by atoms with Crippen molar-refractivity contribution in [1.82, 2.24) is 0 Å². The Balaban J connectivity index is 2.37. The normalized spacial score (nSPS) is 9.74. The van der Waals surface area contributed by atoms with E-state index in [0.717, 1.165) is 0 Å². The number of hydrogen-bond acceptors (Lipinski definition) is 3. The zero-order chi connectivity index (χ0) is 13.8. The van der Waals surface area contributed by atoms with Crippen LogP contribution in [0.4, 0.5) is 15.8 Å². The van der Waals surface area contributed by atoms with Crippen molar-refractivity contribution in [3.05, 3.63) is 59.4 Å². The first kappa shape index (κ1) is 12.8. The molecule has 0 aliphatic rings. The van der Waals surface area contributed by atoms with Gasteiger partial charge in [-0.05, 0) is 31.2 Å². The third kappa shape index (κ3) is 2.78. The number of carbonyl (C=O) groups excluding carboxylic acids is 1. The Morgan fingerprint density at radius 1 is 1.26 bits per heavy atom. The van der Waals surface area contributed by atoms with Gasteiger partial charge in [-0.3, -0.25) is 4.79 Å². The minimum absolute atomic E-state index is 0.0456. The summed E-state index contributed by atoms with van der Waals surface area (Å²) in [5.41, 5.74) is 1.52. The van der Waals surface area contributed by atoms with Crippen LogP contribution in [0.2, 0.25) is 0 Å². The number of nitrogens with zero attached hydrogens (tertiary/aromatic N) is 1. The number of Topliss-reactive ketones (excluding diaryl/α,β-unsaturated/α-hetero) is 1. The lowest BCUT2D eigenvalue weighted by molar-refractivity contribution is 0.101. The van der Waals surface area contributed by atoms with E-state index in [0.29, 0.717) is 16.9 Å². The highest BCUT2D eigenvalue weighted by Gasteiger charge is 2.08. The SMILES string of the molecule is CC(=O)c1cccc(Nc2cccc(F)c2C#N)c1. The molecule has 0 unspecified atom stereocenters. The molecular formula is C15H11FN2O. The average molecular weight is 254 g/mol. The summed E-state index contributed by atoms with van der Waals surface area (Å²) in [5.74, 6) is -0.626. The molecule has 2 aromatic carbocycles. The number of ketones is 1. The Kier molecular flexibility index (Phi) is 3.58. The minimum atomic E-state index is -0.574. The third-order valence-corrected chi connectivity index (χ3v) is 2.67. The van der Waals surface area contributed by atoms with Gasteiger partial charge in [-0.1, -0.05) is 18.2 Å². The van der Waals surface area contributed by atoms with Gasteiger partial charge in [0.15, 0.2) is 5.78 Å². The number of nitriles is 1. The fourth-order valence-electron chi connectivity index (χ4n) is 1.71. The van der Waals surface area contributed by atoms with E-state index in [1.165, 1.54) is 19.1 Å². The highest BCUT2D eigenvalue weighted by Crippen LogP contribution is 2.23. The number of carbonyl (C=O) groups is 1.